The van der Waals surface area contributed by atoms with Gasteiger partial charge in [-0.1, -0.05) is 13.8 Å². The molecule has 0 saturated carbocycles. The number of hydrogen-bond donors (Lipinski definition) is 0. The van der Waals surface area contributed by atoms with Crippen LogP contribution in [0.1, 0.15) is 31.2 Å². The molecule has 1 heterocycles. The highest BCUT2D eigenvalue weighted by molar-refractivity contribution is 5.30. The molecule has 0 spiro atoms. The zero-order chi connectivity index (χ0) is 8.27. The predicted molar refractivity (Wildman–Crippen MR) is 44.1 cm³/mol. The smallest absolute Gasteiger partial charge is 0.134 e. The first kappa shape index (κ1) is 7.74. The quantitative estimate of drug-likeness (QED) is 0.562. The number of hydrogen-bond acceptors (Lipinski definition) is 2. The van der Waals surface area contributed by atoms with Gasteiger partial charge in [0, 0.05) is 12.4 Å². The first-order valence-electron chi connectivity index (χ1n) is 3.53. The van der Waals surface area contributed by atoms with Crippen molar-refractivity contribution in [1.82, 2.24) is 9.97 Å². The Kier molecular flexibility index (Phi) is 2.22. The third-order valence-corrected chi connectivity index (χ3v) is 1.41. The lowest BCUT2D eigenvalue weighted by molar-refractivity contribution is 0.806. The van der Waals surface area contributed by atoms with Crippen LogP contribution in [0.25, 0.3) is 0 Å². The van der Waals surface area contributed by atoms with Crippen molar-refractivity contribution >= 4 is 0 Å². The van der Waals surface area contributed by atoms with Gasteiger partial charge in [0.25, 0.3) is 0 Å². The average Bonchev–Trinajstić information content (AvgIpc) is 2.04. The summed E-state index contributed by atoms with van der Waals surface area (Å²) in [4.78, 5) is 8.16. The van der Waals surface area contributed by atoms with E-state index in [-0.39, 0.29) is 0 Å². The second-order valence-corrected chi connectivity index (χ2v) is 2.59. The summed E-state index contributed by atoms with van der Waals surface area (Å²) in [7, 11) is 0. The van der Waals surface area contributed by atoms with Crippen molar-refractivity contribution in [1.29, 1.82) is 0 Å². The molecular formula is C9H10N2. The van der Waals surface area contributed by atoms with Gasteiger partial charge >= 0.3 is 0 Å². The zero-order valence-electron chi connectivity index (χ0n) is 6.70. The van der Waals surface area contributed by atoms with Crippen LogP contribution in [0.5, 0.6) is 0 Å². The zero-order valence-corrected chi connectivity index (χ0v) is 6.70. The molecule has 0 atom stereocenters. The molecule has 11 heavy (non-hydrogen) atoms. The predicted octanol–water partition coefficient (Wildman–Crippen LogP) is 1.58. The topological polar surface area (TPSA) is 25.8 Å². The Morgan fingerprint density at radius 2 is 2.00 bits per heavy atom. The molecule has 56 valence electrons. The normalized spacial score (nSPS) is 9.64. The molecule has 1 rings (SSSR count). The minimum atomic E-state index is 0.342. The Morgan fingerprint density at radius 1 is 1.36 bits per heavy atom. The van der Waals surface area contributed by atoms with Gasteiger partial charge < -0.3 is 0 Å². The molecular weight excluding hydrogens is 136 g/mol. The third-order valence-electron chi connectivity index (χ3n) is 1.41. The van der Waals surface area contributed by atoms with Crippen LogP contribution in [0.4, 0.5) is 0 Å². The number of aromatic nitrogens is 2. The third kappa shape index (κ3) is 1.56. The van der Waals surface area contributed by atoms with E-state index >= 15 is 0 Å². The lowest BCUT2D eigenvalue weighted by Crippen LogP contribution is -1.98. The van der Waals surface area contributed by atoms with Crippen LogP contribution in [0.3, 0.4) is 0 Å². The molecule has 0 aliphatic rings. The van der Waals surface area contributed by atoms with E-state index in [2.05, 4.69) is 15.9 Å². The highest BCUT2D eigenvalue weighted by Crippen LogP contribution is 2.12. The summed E-state index contributed by atoms with van der Waals surface area (Å²) >= 11 is 0. The molecule has 1 aromatic rings. The van der Waals surface area contributed by atoms with Crippen LogP contribution in [0.2, 0.25) is 0 Å². The molecule has 0 aromatic carbocycles. The maximum absolute atomic E-state index is 5.24. The van der Waals surface area contributed by atoms with Crippen molar-refractivity contribution in [3.63, 3.8) is 0 Å². The molecule has 2 heteroatoms. The van der Waals surface area contributed by atoms with Crippen LogP contribution in [-0.2, 0) is 0 Å². The van der Waals surface area contributed by atoms with E-state index in [1.807, 2.05) is 13.8 Å². The minimum absolute atomic E-state index is 0.342. The van der Waals surface area contributed by atoms with E-state index in [4.69, 9.17) is 6.42 Å². The molecule has 0 amide bonds. The summed E-state index contributed by atoms with van der Waals surface area (Å²) in [6, 6.07) is 0. The molecule has 0 N–H and O–H groups in total. The first-order chi connectivity index (χ1) is 5.25. The summed E-state index contributed by atoms with van der Waals surface area (Å²) < 4.78 is 0. The van der Waals surface area contributed by atoms with E-state index < -0.39 is 0 Å². The van der Waals surface area contributed by atoms with Gasteiger partial charge in [-0.25, -0.2) is 4.98 Å². The fourth-order valence-corrected chi connectivity index (χ4v) is 0.882. The number of nitrogens with zero attached hydrogens (tertiary/aromatic N) is 2. The minimum Gasteiger partial charge on any atom is -0.256 e. The van der Waals surface area contributed by atoms with E-state index in [1.54, 1.807) is 12.4 Å². The number of rotatable bonds is 1. The highest BCUT2D eigenvalue weighted by atomic mass is 14.8. The Balaban J connectivity index is 3.15. The van der Waals surface area contributed by atoms with Crippen molar-refractivity contribution < 1.29 is 0 Å². The van der Waals surface area contributed by atoms with Crippen LogP contribution >= 0.6 is 0 Å². The van der Waals surface area contributed by atoms with Gasteiger partial charge in [-0.15, -0.1) is 6.42 Å². The van der Waals surface area contributed by atoms with Gasteiger partial charge in [-0.3, -0.25) is 4.98 Å². The van der Waals surface area contributed by atoms with Crippen LogP contribution in [0, 0.1) is 12.3 Å². The van der Waals surface area contributed by atoms with E-state index in [0.29, 0.717) is 11.6 Å². The first-order valence-corrected chi connectivity index (χ1v) is 3.53. The van der Waals surface area contributed by atoms with Gasteiger partial charge in [0.05, 0.1) is 5.69 Å². The van der Waals surface area contributed by atoms with Gasteiger partial charge in [-0.05, 0) is 11.8 Å². The molecule has 1 aromatic heterocycles. The lowest BCUT2D eigenvalue weighted by atomic mass is 10.1. The van der Waals surface area contributed by atoms with Crippen molar-refractivity contribution in [2.45, 2.75) is 19.8 Å². The van der Waals surface area contributed by atoms with Crippen LogP contribution in [0.15, 0.2) is 12.4 Å². The Labute approximate surface area is 66.7 Å². The summed E-state index contributed by atoms with van der Waals surface area (Å²) in [5.74, 6) is 2.85. The lowest BCUT2D eigenvalue weighted by Gasteiger charge is -2.04. The Morgan fingerprint density at radius 3 is 2.45 bits per heavy atom. The number of terminal acetylenes is 1. The van der Waals surface area contributed by atoms with E-state index in [1.165, 1.54) is 0 Å². The van der Waals surface area contributed by atoms with Gasteiger partial charge in [0.15, 0.2) is 0 Å². The molecule has 0 aliphatic heterocycles. The second-order valence-electron chi connectivity index (χ2n) is 2.59. The van der Waals surface area contributed by atoms with E-state index in [0.717, 1.165) is 5.69 Å². The SMILES string of the molecule is C#Cc1nccnc1C(C)C. The summed E-state index contributed by atoms with van der Waals surface area (Å²) in [6.07, 6.45) is 8.51. The highest BCUT2D eigenvalue weighted by Gasteiger charge is 2.05. The Hall–Kier alpha value is -1.36. The van der Waals surface area contributed by atoms with E-state index in [9.17, 15) is 0 Å². The molecule has 0 fully saturated rings. The summed E-state index contributed by atoms with van der Waals surface area (Å²) in [5.41, 5.74) is 1.55. The van der Waals surface area contributed by atoms with Crippen molar-refractivity contribution in [3.05, 3.63) is 23.8 Å². The van der Waals surface area contributed by atoms with Crippen LogP contribution in [-0.4, -0.2) is 9.97 Å². The maximum atomic E-state index is 5.24. The monoisotopic (exact) mass is 146 g/mol. The van der Waals surface area contributed by atoms with Gasteiger partial charge in [-0.2, -0.15) is 0 Å². The molecule has 0 bridgehead atoms. The average molecular weight is 146 g/mol. The fraction of sp³-hybridized carbons (Fsp3) is 0.333. The molecule has 0 aliphatic carbocycles. The molecule has 2 nitrogen and oxygen atoms in total. The largest absolute Gasteiger partial charge is 0.256 e. The standard InChI is InChI=1S/C9H10N2/c1-4-8-9(7(2)3)11-6-5-10-8/h1,5-7H,2-3H3. The van der Waals surface area contributed by atoms with Crippen molar-refractivity contribution in [2.75, 3.05) is 0 Å². The summed E-state index contributed by atoms with van der Waals surface area (Å²) in [6.45, 7) is 4.09. The molecule has 0 unspecified atom stereocenters. The van der Waals surface area contributed by atoms with Crippen molar-refractivity contribution in [2.24, 2.45) is 0 Å². The molecule has 0 radical (unpaired) electrons. The van der Waals surface area contributed by atoms with Gasteiger partial charge in [0.2, 0.25) is 0 Å². The maximum Gasteiger partial charge on any atom is 0.134 e. The van der Waals surface area contributed by atoms with Crippen LogP contribution < -0.4 is 0 Å². The van der Waals surface area contributed by atoms with Gasteiger partial charge in [0.1, 0.15) is 5.69 Å². The summed E-state index contributed by atoms with van der Waals surface area (Å²) in [5, 5.41) is 0. The Bertz CT molecular complexity index is 284. The fourth-order valence-electron chi connectivity index (χ4n) is 0.882. The second kappa shape index (κ2) is 3.16. The molecule has 0 saturated heterocycles. The van der Waals surface area contributed by atoms with Crippen molar-refractivity contribution in [3.8, 4) is 12.3 Å².